The summed E-state index contributed by atoms with van der Waals surface area (Å²) in [4.78, 5) is 0. The average Bonchev–Trinajstić information content (AvgIpc) is 2.26. The first-order valence-electron chi connectivity index (χ1n) is 7.22. The van der Waals surface area contributed by atoms with Gasteiger partial charge in [-0.1, -0.05) is 11.1 Å². The number of hydrogen-bond acceptors (Lipinski definition) is 1. The van der Waals surface area contributed by atoms with E-state index in [4.69, 9.17) is 5.26 Å². The molecule has 4 aliphatic rings. The van der Waals surface area contributed by atoms with Crippen LogP contribution < -0.4 is 0 Å². The predicted molar refractivity (Wildman–Crippen MR) is 69.1 cm³/mol. The number of rotatable bonds is 2. The maximum Gasteiger partial charge on any atom is 0.0666 e. The summed E-state index contributed by atoms with van der Waals surface area (Å²) in [5.74, 6) is 4.69. The third kappa shape index (κ3) is 1.82. The Kier molecular flexibility index (Phi) is 2.77. The molecule has 4 fully saturated rings. The van der Waals surface area contributed by atoms with Crippen LogP contribution in [0.3, 0.4) is 0 Å². The Morgan fingerprint density at radius 2 is 1.53 bits per heavy atom. The van der Waals surface area contributed by atoms with Crippen LogP contribution in [0.5, 0.6) is 0 Å². The smallest absolute Gasteiger partial charge is 0.0666 e. The van der Waals surface area contributed by atoms with E-state index in [0.29, 0.717) is 6.42 Å². The molecule has 1 heteroatoms. The minimum Gasteiger partial charge on any atom is -0.198 e. The van der Waals surface area contributed by atoms with Crippen LogP contribution in [0.2, 0.25) is 0 Å². The van der Waals surface area contributed by atoms with E-state index in [-0.39, 0.29) is 0 Å². The second kappa shape index (κ2) is 4.16. The second-order valence-corrected chi connectivity index (χ2v) is 6.82. The third-order valence-corrected chi connectivity index (χ3v) is 5.54. The first kappa shape index (κ1) is 11.3. The summed E-state index contributed by atoms with van der Waals surface area (Å²) >= 11 is 0. The highest BCUT2D eigenvalue weighted by molar-refractivity contribution is 5.22. The Bertz CT molecular complexity index is 353. The van der Waals surface area contributed by atoms with Crippen LogP contribution in [0.1, 0.15) is 52.4 Å². The first-order valence-corrected chi connectivity index (χ1v) is 7.22. The summed E-state index contributed by atoms with van der Waals surface area (Å²) < 4.78 is 0. The molecule has 0 saturated heterocycles. The van der Waals surface area contributed by atoms with Gasteiger partial charge < -0.3 is 0 Å². The van der Waals surface area contributed by atoms with Crippen molar-refractivity contribution in [2.24, 2.45) is 29.6 Å². The van der Waals surface area contributed by atoms with Gasteiger partial charge in [0.25, 0.3) is 0 Å². The van der Waals surface area contributed by atoms with E-state index in [1.165, 1.54) is 43.3 Å². The molecule has 92 valence electrons. The van der Waals surface area contributed by atoms with E-state index in [1.807, 2.05) is 0 Å². The maximum absolute atomic E-state index is 9.06. The zero-order chi connectivity index (χ0) is 12.0. The van der Waals surface area contributed by atoms with Crippen LogP contribution in [-0.4, -0.2) is 0 Å². The Morgan fingerprint density at radius 3 is 1.94 bits per heavy atom. The summed E-state index contributed by atoms with van der Waals surface area (Å²) in [6, 6.07) is 2.40. The minimum atomic E-state index is 0.676. The average molecular weight is 229 g/mol. The van der Waals surface area contributed by atoms with Gasteiger partial charge in [-0.3, -0.25) is 0 Å². The fraction of sp³-hybridized carbons (Fsp3) is 0.812. The molecule has 0 aromatic carbocycles. The van der Waals surface area contributed by atoms with Gasteiger partial charge >= 0.3 is 0 Å². The van der Waals surface area contributed by atoms with Crippen molar-refractivity contribution in [1.82, 2.24) is 0 Å². The van der Waals surface area contributed by atoms with Crippen molar-refractivity contribution in [2.75, 3.05) is 0 Å². The molecule has 0 amide bonds. The van der Waals surface area contributed by atoms with E-state index in [0.717, 1.165) is 29.6 Å². The largest absolute Gasteiger partial charge is 0.198 e. The number of allylic oxidation sites excluding steroid dienone is 2. The molecule has 4 rings (SSSR count). The Labute approximate surface area is 105 Å². The van der Waals surface area contributed by atoms with Crippen molar-refractivity contribution in [3.05, 3.63) is 11.1 Å². The molecule has 17 heavy (non-hydrogen) atoms. The summed E-state index contributed by atoms with van der Waals surface area (Å²) in [5, 5.41) is 9.06. The second-order valence-electron chi connectivity index (χ2n) is 6.82. The highest BCUT2D eigenvalue weighted by atomic mass is 14.5. The van der Waals surface area contributed by atoms with E-state index in [1.54, 1.807) is 0 Å². The Hall–Kier alpha value is -0.770. The summed E-state index contributed by atoms with van der Waals surface area (Å²) in [7, 11) is 0. The monoisotopic (exact) mass is 229 g/mol. The third-order valence-electron chi connectivity index (χ3n) is 5.54. The van der Waals surface area contributed by atoms with Gasteiger partial charge in [0.1, 0.15) is 0 Å². The quantitative estimate of drug-likeness (QED) is 0.647. The van der Waals surface area contributed by atoms with E-state index < -0.39 is 0 Å². The van der Waals surface area contributed by atoms with Gasteiger partial charge in [-0.15, -0.1) is 0 Å². The van der Waals surface area contributed by atoms with Crippen LogP contribution >= 0.6 is 0 Å². The van der Waals surface area contributed by atoms with Gasteiger partial charge in [0, 0.05) is 0 Å². The molecule has 4 aliphatic carbocycles. The molecule has 0 spiro atoms. The molecular formula is C16H23N. The van der Waals surface area contributed by atoms with Gasteiger partial charge in [-0.25, -0.2) is 0 Å². The predicted octanol–water partition coefficient (Wildman–Crippen LogP) is 4.31. The molecule has 1 nitrogen and oxygen atoms in total. The van der Waals surface area contributed by atoms with E-state index in [2.05, 4.69) is 19.9 Å². The molecule has 4 bridgehead atoms. The minimum absolute atomic E-state index is 0.676. The Morgan fingerprint density at radius 1 is 1.00 bits per heavy atom. The van der Waals surface area contributed by atoms with Crippen molar-refractivity contribution in [3.63, 3.8) is 0 Å². The normalized spacial score (nSPS) is 42.3. The fourth-order valence-electron chi connectivity index (χ4n) is 5.21. The standard InChI is InChI=1S/C16H23N/c1-10(2)15(3-4-17)16-13-6-11-5-12(8-13)9-14(16)7-11/h11-14,16H,3,5-9H2,1-2H3. The van der Waals surface area contributed by atoms with Crippen LogP contribution in [0.25, 0.3) is 0 Å². The number of nitrogens with zero attached hydrogens (tertiary/aromatic N) is 1. The van der Waals surface area contributed by atoms with Gasteiger partial charge in [-0.2, -0.15) is 5.26 Å². The molecule has 0 heterocycles. The summed E-state index contributed by atoms with van der Waals surface area (Å²) in [6.07, 6.45) is 8.02. The molecule has 0 aliphatic heterocycles. The summed E-state index contributed by atoms with van der Waals surface area (Å²) in [6.45, 7) is 4.41. The molecule has 0 aromatic heterocycles. The Balaban J connectivity index is 1.89. The van der Waals surface area contributed by atoms with E-state index in [9.17, 15) is 0 Å². The van der Waals surface area contributed by atoms with Crippen LogP contribution in [0, 0.1) is 40.9 Å². The maximum atomic E-state index is 9.06. The molecule has 0 aromatic rings. The van der Waals surface area contributed by atoms with Crippen LogP contribution in [-0.2, 0) is 0 Å². The molecular weight excluding hydrogens is 206 g/mol. The van der Waals surface area contributed by atoms with Crippen LogP contribution in [0.4, 0.5) is 0 Å². The summed E-state index contributed by atoms with van der Waals surface area (Å²) in [5.41, 5.74) is 2.92. The zero-order valence-corrected chi connectivity index (χ0v) is 11.1. The number of nitriles is 1. The number of hydrogen-bond donors (Lipinski definition) is 0. The van der Waals surface area contributed by atoms with Gasteiger partial charge in [-0.05, 0) is 75.5 Å². The van der Waals surface area contributed by atoms with Crippen molar-refractivity contribution < 1.29 is 0 Å². The molecule has 4 saturated carbocycles. The van der Waals surface area contributed by atoms with Gasteiger partial charge in [0.05, 0.1) is 12.5 Å². The van der Waals surface area contributed by atoms with Crippen LogP contribution in [0.15, 0.2) is 11.1 Å². The molecule has 0 unspecified atom stereocenters. The topological polar surface area (TPSA) is 23.8 Å². The molecule has 0 atom stereocenters. The highest BCUT2D eigenvalue weighted by Gasteiger charge is 2.49. The van der Waals surface area contributed by atoms with Crippen molar-refractivity contribution in [3.8, 4) is 6.07 Å². The zero-order valence-electron chi connectivity index (χ0n) is 11.1. The van der Waals surface area contributed by atoms with Gasteiger partial charge in [0.15, 0.2) is 0 Å². The molecule has 0 radical (unpaired) electrons. The lowest BCUT2D eigenvalue weighted by atomic mass is 9.50. The van der Waals surface area contributed by atoms with Crippen molar-refractivity contribution in [1.29, 1.82) is 5.26 Å². The van der Waals surface area contributed by atoms with E-state index >= 15 is 0 Å². The lowest BCUT2D eigenvalue weighted by molar-refractivity contribution is -0.0217. The molecule has 0 N–H and O–H groups in total. The highest BCUT2D eigenvalue weighted by Crippen LogP contribution is 2.58. The van der Waals surface area contributed by atoms with Crippen molar-refractivity contribution in [2.45, 2.75) is 52.4 Å². The lowest BCUT2D eigenvalue weighted by Gasteiger charge is -2.55. The van der Waals surface area contributed by atoms with Gasteiger partial charge in [0.2, 0.25) is 0 Å². The first-order chi connectivity index (χ1) is 8.19. The van der Waals surface area contributed by atoms with Crippen molar-refractivity contribution >= 4 is 0 Å². The fourth-order valence-corrected chi connectivity index (χ4v) is 5.21. The lowest BCUT2D eigenvalue weighted by Crippen LogP contribution is -2.45. The SMILES string of the molecule is CC(C)=C(CC#N)C1C2CC3CC(C2)CC1C3.